The summed E-state index contributed by atoms with van der Waals surface area (Å²) in [6.45, 7) is 2.01. The first-order valence-corrected chi connectivity index (χ1v) is 7.22. The first-order valence-electron chi connectivity index (χ1n) is 7.22. The molecular formula is C15H16FN5O. The first-order chi connectivity index (χ1) is 10.5. The van der Waals surface area contributed by atoms with Crippen molar-refractivity contribution in [2.75, 3.05) is 20.1 Å². The topological polar surface area (TPSA) is 79.4 Å². The van der Waals surface area contributed by atoms with Crippen LogP contribution in [0.1, 0.15) is 28.3 Å². The summed E-state index contributed by atoms with van der Waals surface area (Å²) in [5.74, 6) is -0.770. The van der Waals surface area contributed by atoms with E-state index in [0.717, 1.165) is 36.8 Å². The van der Waals surface area contributed by atoms with E-state index in [9.17, 15) is 9.18 Å². The van der Waals surface area contributed by atoms with Gasteiger partial charge < -0.3 is 15.6 Å². The van der Waals surface area contributed by atoms with Gasteiger partial charge in [0.15, 0.2) is 0 Å². The van der Waals surface area contributed by atoms with Crippen LogP contribution in [0.5, 0.6) is 0 Å². The van der Waals surface area contributed by atoms with Crippen molar-refractivity contribution in [2.45, 2.75) is 12.3 Å². The number of nitrogens with zero attached hydrogens (tertiary/aromatic N) is 3. The molecule has 0 saturated carbocycles. The van der Waals surface area contributed by atoms with Crippen molar-refractivity contribution in [2.24, 2.45) is 5.73 Å². The molecule has 2 aromatic heterocycles. The van der Waals surface area contributed by atoms with Gasteiger partial charge in [0.2, 0.25) is 0 Å². The lowest BCUT2D eigenvalue weighted by Crippen LogP contribution is -2.13. The number of aromatic amines is 1. The summed E-state index contributed by atoms with van der Waals surface area (Å²) < 4.78 is 15.3. The largest absolute Gasteiger partial charge is 0.366 e. The van der Waals surface area contributed by atoms with Crippen LogP contribution in [-0.2, 0) is 0 Å². The molecular weight excluding hydrogens is 285 g/mol. The van der Waals surface area contributed by atoms with Crippen molar-refractivity contribution in [1.82, 2.24) is 19.5 Å². The SMILES string of the molecule is CN1CCC(c2cnn3c2[nH]c2cc(F)cc(C(N)=O)c23)C1. The minimum atomic E-state index is -0.664. The number of nitrogens with two attached hydrogens (primary N) is 1. The Balaban J connectivity index is 1.97. The number of hydrogen-bond acceptors (Lipinski definition) is 3. The monoisotopic (exact) mass is 301 g/mol. The molecule has 1 amide bonds. The van der Waals surface area contributed by atoms with Crippen molar-refractivity contribution in [3.8, 4) is 0 Å². The summed E-state index contributed by atoms with van der Waals surface area (Å²) in [4.78, 5) is 17.1. The van der Waals surface area contributed by atoms with Crippen molar-refractivity contribution >= 4 is 22.6 Å². The third kappa shape index (κ3) is 1.82. The van der Waals surface area contributed by atoms with Crippen LogP contribution in [0.2, 0.25) is 0 Å². The van der Waals surface area contributed by atoms with E-state index in [-0.39, 0.29) is 5.56 Å². The molecule has 3 N–H and O–H groups in total. The molecule has 7 heteroatoms. The van der Waals surface area contributed by atoms with Gasteiger partial charge >= 0.3 is 0 Å². The number of halogens is 1. The van der Waals surface area contributed by atoms with Gasteiger partial charge in [0.1, 0.15) is 17.0 Å². The average Bonchev–Trinajstić information content (AvgIpc) is 3.11. The molecule has 0 bridgehead atoms. The Morgan fingerprint density at radius 3 is 3.00 bits per heavy atom. The molecule has 22 heavy (non-hydrogen) atoms. The van der Waals surface area contributed by atoms with Gasteiger partial charge in [-0.15, -0.1) is 0 Å². The number of fused-ring (bicyclic) bond motifs is 3. The van der Waals surface area contributed by atoms with Crippen molar-refractivity contribution in [1.29, 1.82) is 0 Å². The fourth-order valence-electron chi connectivity index (χ4n) is 3.38. The highest BCUT2D eigenvalue weighted by atomic mass is 19.1. The van der Waals surface area contributed by atoms with E-state index in [2.05, 4.69) is 22.0 Å². The summed E-state index contributed by atoms with van der Waals surface area (Å²) in [5.41, 5.74) is 8.48. The zero-order valence-electron chi connectivity index (χ0n) is 12.1. The van der Waals surface area contributed by atoms with Gasteiger partial charge in [0, 0.05) is 18.0 Å². The minimum Gasteiger partial charge on any atom is -0.366 e. The lowest BCUT2D eigenvalue weighted by molar-refractivity contribution is 0.100. The molecule has 1 saturated heterocycles. The molecule has 1 atom stereocenters. The van der Waals surface area contributed by atoms with E-state index in [1.54, 1.807) is 4.52 Å². The predicted octanol–water partition coefficient (Wildman–Crippen LogP) is 1.47. The third-order valence-corrected chi connectivity index (χ3v) is 4.43. The van der Waals surface area contributed by atoms with E-state index in [0.29, 0.717) is 17.0 Å². The van der Waals surface area contributed by atoms with Crippen LogP contribution >= 0.6 is 0 Å². The van der Waals surface area contributed by atoms with E-state index in [4.69, 9.17) is 5.73 Å². The molecule has 0 spiro atoms. The first kappa shape index (κ1) is 13.3. The highest BCUT2D eigenvalue weighted by Crippen LogP contribution is 2.31. The number of likely N-dealkylation sites (tertiary alicyclic amines) is 1. The summed E-state index contributed by atoms with van der Waals surface area (Å²) in [7, 11) is 2.09. The molecule has 1 aliphatic rings. The Hall–Kier alpha value is -2.41. The normalized spacial score (nSPS) is 19.5. The molecule has 3 aromatic rings. The Morgan fingerprint density at radius 2 is 2.32 bits per heavy atom. The molecule has 114 valence electrons. The van der Waals surface area contributed by atoms with Crippen molar-refractivity contribution in [3.63, 3.8) is 0 Å². The standard InChI is InChI=1S/C15H16FN5O/c1-20-3-2-8(7-20)11-6-18-21-13-10(14(17)22)4-9(16)5-12(13)19-15(11)21/h4-6,8,19H,2-3,7H2,1H3,(H2,17,22). The molecule has 1 fully saturated rings. The number of aromatic nitrogens is 3. The molecule has 0 radical (unpaired) electrons. The molecule has 1 unspecified atom stereocenters. The highest BCUT2D eigenvalue weighted by molar-refractivity contribution is 6.05. The fraction of sp³-hybridized carbons (Fsp3) is 0.333. The smallest absolute Gasteiger partial charge is 0.251 e. The molecule has 0 aliphatic carbocycles. The van der Waals surface area contributed by atoms with Crippen LogP contribution in [0, 0.1) is 5.82 Å². The van der Waals surface area contributed by atoms with E-state index in [1.165, 1.54) is 6.07 Å². The number of amides is 1. The van der Waals surface area contributed by atoms with Crippen LogP contribution in [0.3, 0.4) is 0 Å². The number of rotatable bonds is 2. The quantitative estimate of drug-likeness (QED) is 0.752. The van der Waals surface area contributed by atoms with Gasteiger partial charge in [-0.05, 0) is 32.1 Å². The van der Waals surface area contributed by atoms with Crippen molar-refractivity contribution in [3.05, 3.63) is 35.3 Å². The maximum absolute atomic E-state index is 13.7. The molecule has 1 aliphatic heterocycles. The van der Waals surface area contributed by atoms with Crippen LogP contribution in [0.15, 0.2) is 18.3 Å². The Bertz CT molecular complexity index is 896. The van der Waals surface area contributed by atoms with Gasteiger partial charge in [-0.1, -0.05) is 0 Å². The highest BCUT2D eigenvalue weighted by Gasteiger charge is 2.26. The van der Waals surface area contributed by atoms with Gasteiger partial charge in [0.05, 0.1) is 17.3 Å². The van der Waals surface area contributed by atoms with Gasteiger partial charge in [-0.25, -0.2) is 8.91 Å². The van der Waals surface area contributed by atoms with Gasteiger partial charge in [-0.2, -0.15) is 5.10 Å². The average molecular weight is 301 g/mol. The second-order valence-electron chi connectivity index (χ2n) is 5.95. The summed E-state index contributed by atoms with van der Waals surface area (Å²) in [6.07, 6.45) is 2.88. The number of imidazole rings is 1. The number of primary amides is 1. The summed E-state index contributed by atoms with van der Waals surface area (Å²) in [5, 5.41) is 4.39. The number of H-pyrrole nitrogens is 1. The lowest BCUT2D eigenvalue weighted by atomic mass is 10.0. The predicted molar refractivity (Wildman–Crippen MR) is 80.4 cm³/mol. The lowest BCUT2D eigenvalue weighted by Gasteiger charge is -2.07. The van der Waals surface area contributed by atoms with Crippen LogP contribution in [-0.4, -0.2) is 45.5 Å². The maximum atomic E-state index is 13.7. The number of carbonyl (C=O) groups excluding carboxylic acids is 1. The number of nitrogens with one attached hydrogen (secondary N) is 1. The second-order valence-corrected chi connectivity index (χ2v) is 5.95. The zero-order chi connectivity index (χ0) is 15.4. The summed E-state index contributed by atoms with van der Waals surface area (Å²) in [6, 6.07) is 2.52. The Labute approximate surface area is 125 Å². The Kier molecular flexibility index (Phi) is 2.74. The maximum Gasteiger partial charge on any atom is 0.251 e. The van der Waals surface area contributed by atoms with E-state index >= 15 is 0 Å². The Morgan fingerprint density at radius 1 is 1.50 bits per heavy atom. The molecule has 6 nitrogen and oxygen atoms in total. The summed E-state index contributed by atoms with van der Waals surface area (Å²) >= 11 is 0. The zero-order valence-corrected chi connectivity index (χ0v) is 12.1. The number of benzene rings is 1. The third-order valence-electron chi connectivity index (χ3n) is 4.43. The fourth-order valence-corrected chi connectivity index (χ4v) is 3.38. The van der Waals surface area contributed by atoms with Gasteiger partial charge in [0.25, 0.3) is 5.91 Å². The minimum absolute atomic E-state index is 0.138. The second kappa shape index (κ2) is 4.54. The number of hydrogen-bond donors (Lipinski definition) is 2. The van der Waals surface area contributed by atoms with E-state index in [1.807, 2.05) is 6.20 Å². The van der Waals surface area contributed by atoms with Crippen molar-refractivity contribution < 1.29 is 9.18 Å². The number of carbonyl (C=O) groups is 1. The molecule has 1 aromatic carbocycles. The molecule has 3 heterocycles. The van der Waals surface area contributed by atoms with Crippen LogP contribution < -0.4 is 5.73 Å². The van der Waals surface area contributed by atoms with E-state index < -0.39 is 11.7 Å². The number of likely N-dealkylation sites (N-methyl/N-ethyl adjacent to an activating group) is 1. The van der Waals surface area contributed by atoms with Crippen LogP contribution in [0.4, 0.5) is 4.39 Å². The molecule has 4 rings (SSSR count). The van der Waals surface area contributed by atoms with Crippen LogP contribution in [0.25, 0.3) is 16.7 Å². The van der Waals surface area contributed by atoms with Gasteiger partial charge in [-0.3, -0.25) is 4.79 Å².